The molecule has 1 amide bonds. The van der Waals surface area contributed by atoms with E-state index < -0.39 is 11.6 Å². The number of pyridine rings is 1. The molecule has 0 unspecified atom stereocenters. The van der Waals surface area contributed by atoms with Crippen LogP contribution in [0.25, 0.3) is 16.8 Å². The highest BCUT2D eigenvalue weighted by atomic mass is 19.1. The number of halogens is 2. The number of hydrogen-bond donors (Lipinski definition) is 2. The van der Waals surface area contributed by atoms with Gasteiger partial charge >= 0.3 is 0 Å². The summed E-state index contributed by atoms with van der Waals surface area (Å²) in [5, 5.41) is 7.89. The predicted molar refractivity (Wildman–Crippen MR) is 144 cm³/mol. The summed E-state index contributed by atoms with van der Waals surface area (Å²) < 4.78 is 32.0. The maximum absolute atomic E-state index is 15.2. The van der Waals surface area contributed by atoms with E-state index in [9.17, 15) is 4.79 Å². The van der Waals surface area contributed by atoms with E-state index in [1.54, 1.807) is 35.6 Å². The lowest BCUT2D eigenvalue weighted by Crippen LogP contribution is -2.31. The van der Waals surface area contributed by atoms with Crippen molar-refractivity contribution in [2.75, 3.05) is 11.9 Å². The van der Waals surface area contributed by atoms with Crippen molar-refractivity contribution in [2.24, 2.45) is 11.7 Å². The Morgan fingerprint density at radius 2 is 1.92 bits per heavy atom. The Balaban J connectivity index is 1.30. The second kappa shape index (κ2) is 10.3. The van der Waals surface area contributed by atoms with Crippen LogP contribution in [0.5, 0.6) is 0 Å². The molecule has 10 heteroatoms. The number of imidazole rings is 1. The van der Waals surface area contributed by atoms with E-state index in [2.05, 4.69) is 27.3 Å². The van der Waals surface area contributed by atoms with Gasteiger partial charge in [-0.25, -0.2) is 13.8 Å². The zero-order valence-electron chi connectivity index (χ0n) is 21.8. The highest BCUT2D eigenvalue weighted by molar-refractivity contribution is 5.78. The number of carbonyl (C=O) groups excluding carboxylic acids is 1. The molecule has 2 fully saturated rings. The van der Waals surface area contributed by atoms with Crippen LogP contribution in [-0.4, -0.2) is 43.0 Å². The normalized spacial score (nSPS) is 21.6. The second-order valence-electron chi connectivity index (χ2n) is 10.8. The highest BCUT2D eigenvalue weighted by Crippen LogP contribution is 2.39. The van der Waals surface area contributed by atoms with Gasteiger partial charge in [-0.3, -0.25) is 9.78 Å². The Morgan fingerprint density at radius 1 is 1.10 bits per heavy atom. The molecule has 4 aromatic rings. The third kappa shape index (κ3) is 5.08. The van der Waals surface area contributed by atoms with Crippen LogP contribution in [0, 0.1) is 17.6 Å². The Morgan fingerprint density at radius 3 is 2.67 bits per heavy atom. The zero-order valence-corrected chi connectivity index (χ0v) is 21.8. The molecule has 3 aromatic heterocycles. The number of nitrogens with one attached hydrogen (secondary N) is 1. The number of carbonyl (C=O) groups is 1. The summed E-state index contributed by atoms with van der Waals surface area (Å²) in [6.07, 6.45) is 9.38. The largest absolute Gasteiger partial charge is 0.338 e. The number of fused-ring (bicyclic) bond motifs is 1. The molecule has 4 heterocycles. The molecular weight excluding hydrogens is 500 g/mol. The lowest BCUT2D eigenvalue weighted by molar-refractivity contribution is -0.128. The summed E-state index contributed by atoms with van der Waals surface area (Å²) in [7, 11) is 0. The van der Waals surface area contributed by atoms with Gasteiger partial charge < -0.3 is 16.0 Å². The number of nitrogens with two attached hydrogens (primary N) is 1. The van der Waals surface area contributed by atoms with Crippen molar-refractivity contribution in [2.45, 2.75) is 57.5 Å². The standard InChI is InChI=1S/C29H31F2N7O/c1-17-9-19(13-20(32)10-17)22-6-7-33-15-26(22)35-29-34-14-21-4-5-25(36-38(21)29)28-23(30)11-18(12-24(28)31)16-37-8-2-3-27(37)39/h4-7,11-12,14-15,17,19-20H,2-3,8-10,13,16,32H2,1H3,(H,34,35)/t17-,19+,20-/m0/s1. The Bertz CT molecular complexity index is 1500. The lowest BCUT2D eigenvalue weighted by Gasteiger charge is -2.32. The Labute approximate surface area is 225 Å². The average Bonchev–Trinajstić information content (AvgIpc) is 3.49. The van der Waals surface area contributed by atoms with E-state index >= 15 is 8.78 Å². The van der Waals surface area contributed by atoms with E-state index in [4.69, 9.17) is 5.73 Å². The minimum absolute atomic E-state index is 0.00441. The molecule has 2 aliphatic rings. The van der Waals surface area contributed by atoms with Gasteiger partial charge in [0.2, 0.25) is 11.9 Å². The van der Waals surface area contributed by atoms with Crippen molar-refractivity contribution in [1.82, 2.24) is 24.5 Å². The quantitative estimate of drug-likeness (QED) is 0.356. The van der Waals surface area contributed by atoms with Crippen LogP contribution in [0.15, 0.2) is 48.9 Å². The highest BCUT2D eigenvalue weighted by Gasteiger charge is 2.27. The SMILES string of the molecule is C[C@@H]1C[C@H](N)C[C@H](c2ccncc2Nc2ncc3ccc(-c4c(F)cc(CN5CCCC5=O)cc4F)nn23)C1. The first-order valence-electron chi connectivity index (χ1n) is 13.4. The minimum atomic E-state index is -0.726. The van der Waals surface area contributed by atoms with Crippen LogP contribution >= 0.6 is 0 Å². The first-order chi connectivity index (χ1) is 18.9. The van der Waals surface area contributed by atoms with Gasteiger partial charge in [0.1, 0.15) is 11.6 Å². The van der Waals surface area contributed by atoms with Crippen LogP contribution in [0.3, 0.4) is 0 Å². The summed E-state index contributed by atoms with van der Waals surface area (Å²) >= 11 is 0. The first-order valence-corrected chi connectivity index (χ1v) is 13.4. The van der Waals surface area contributed by atoms with Crippen molar-refractivity contribution in [1.29, 1.82) is 0 Å². The van der Waals surface area contributed by atoms with E-state index in [1.165, 1.54) is 16.6 Å². The second-order valence-corrected chi connectivity index (χ2v) is 10.8. The van der Waals surface area contributed by atoms with E-state index in [0.29, 0.717) is 41.8 Å². The number of anilines is 2. The fourth-order valence-corrected chi connectivity index (χ4v) is 6.05. The molecule has 8 nitrogen and oxygen atoms in total. The maximum Gasteiger partial charge on any atom is 0.229 e. The summed E-state index contributed by atoms with van der Waals surface area (Å²) in [5.74, 6) is -0.209. The molecule has 1 saturated carbocycles. The van der Waals surface area contributed by atoms with Gasteiger partial charge in [-0.1, -0.05) is 6.92 Å². The third-order valence-electron chi connectivity index (χ3n) is 7.81. The van der Waals surface area contributed by atoms with Crippen molar-refractivity contribution >= 4 is 23.1 Å². The average molecular weight is 532 g/mol. The number of amides is 1. The summed E-state index contributed by atoms with van der Waals surface area (Å²) in [6.45, 7) is 3.02. The van der Waals surface area contributed by atoms with Crippen molar-refractivity contribution < 1.29 is 13.6 Å². The molecule has 202 valence electrons. The molecule has 1 aliphatic heterocycles. The minimum Gasteiger partial charge on any atom is -0.338 e. The Hall–Kier alpha value is -3.92. The third-order valence-corrected chi connectivity index (χ3v) is 7.81. The van der Waals surface area contributed by atoms with Gasteiger partial charge in [0, 0.05) is 31.7 Å². The lowest BCUT2D eigenvalue weighted by atomic mass is 9.76. The van der Waals surface area contributed by atoms with Crippen molar-refractivity contribution in [3.05, 3.63) is 71.7 Å². The number of rotatable bonds is 6. The maximum atomic E-state index is 15.2. The summed E-state index contributed by atoms with van der Waals surface area (Å²) in [6, 6.07) is 8.02. The van der Waals surface area contributed by atoms with E-state index in [0.717, 1.165) is 36.9 Å². The number of nitrogens with zero attached hydrogens (tertiary/aromatic N) is 5. The topological polar surface area (TPSA) is 101 Å². The summed E-state index contributed by atoms with van der Waals surface area (Å²) in [4.78, 5) is 22.3. The number of benzene rings is 1. The Kier molecular flexibility index (Phi) is 6.72. The predicted octanol–water partition coefficient (Wildman–Crippen LogP) is 5.17. The fraction of sp³-hybridized carbons (Fsp3) is 0.379. The molecule has 39 heavy (non-hydrogen) atoms. The van der Waals surface area contributed by atoms with Crippen LogP contribution in [0.2, 0.25) is 0 Å². The molecule has 1 aromatic carbocycles. The first kappa shape index (κ1) is 25.4. The van der Waals surface area contributed by atoms with Crippen molar-refractivity contribution in [3.8, 4) is 11.3 Å². The molecule has 0 radical (unpaired) electrons. The van der Waals surface area contributed by atoms with Gasteiger partial charge in [0.05, 0.1) is 34.9 Å². The molecule has 6 rings (SSSR count). The molecule has 1 saturated heterocycles. The van der Waals surface area contributed by atoms with E-state index in [-0.39, 0.29) is 29.8 Å². The fourth-order valence-electron chi connectivity index (χ4n) is 6.05. The van der Waals surface area contributed by atoms with E-state index in [1.807, 2.05) is 6.07 Å². The van der Waals surface area contributed by atoms with Crippen LogP contribution < -0.4 is 11.1 Å². The van der Waals surface area contributed by atoms with Crippen LogP contribution in [0.1, 0.15) is 56.1 Å². The van der Waals surface area contributed by atoms with Gasteiger partial charge in [0.15, 0.2) is 0 Å². The molecule has 1 aliphatic carbocycles. The van der Waals surface area contributed by atoms with Crippen molar-refractivity contribution in [3.63, 3.8) is 0 Å². The molecule has 3 atom stereocenters. The van der Waals surface area contributed by atoms with Gasteiger partial charge in [-0.15, -0.1) is 0 Å². The summed E-state index contributed by atoms with van der Waals surface area (Å²) in [5.41, 5.74) is 9.25. The number of likely N-dealkylation sites (tertiary alicyclic amines) is 1. The molecule has 0 bridgehead atoms. The number of aromatic nitrogens is 4. The monoisotopic (exact) mass is 531 g/mol. The van der Waals surface area contributed by atoms with Gasteiger partial charge in [0.25, 0.3) is 0 Å². The van der Waals surface area contributed by atoms with Gasteiger partial charge in [-0.2, -0.15) is 9.61 Å². The van der Waals surface area contributed by atoms with Crippen LogP contribution in [0.4, 0.5) is 20.4 Å². The van der Waals surface area contributed by atoms with Gasteiger partial charge in [-0.05, 0) is 79.0 Å². The zero-order chi connectivity index (χ0) is 27.1. The molecule has 0 spiro atoms. The number of hydrogen-bond acceptors (Lipinski definition) is 6. The molecular formula is C29H31F2N7O. The van der Waals surface area contributed by atoms with Crippen LogP contribution in [-0.2, 0) is 11.3 Å². The molecule has 3 N–H and O–H groups in total. The smallest absolute Gasteiger partial charge is 0.229 e.